The highest BCUT2D eigenvalue weighted by Crippen LogP contribution is 2.29. The summed E-state index contributed by atoms with van der Waals surface area (Å²) >= 11 is 20.5. The number of nitrogens with two attached hydrogens (primary N) is 1. The van der Waals surface area contributed by atoms with Crippen LogP contribution < -0.4 is 21.7 Å². The number of rotatable bonds is 7. The first kappa shape index (κ1) is 39.5. The van der Waals surface area contributed by atoms with E-state index in [9.17, 15) is 0 Å². The van der Waals surface area contributed by atoms with Gasteiger partial charge in [0.25, 0.3) is 0 Å². The minimum atomic E-state index is -4.67. The van der Waals surface area contributed by atoms with Crippen LogP contribution in [-0.4, -0.2) is 55.0 Å². The van der Waals surface area contributed by atoms with Crippen LogP contribution in [0.5, 0.6) is 0 Å². The maximum absolute atomic E-state index is 8.74. The summed E-state index contributed by atoms with van der Waals surface area (Å²) in [6, 6.07) is 32.6. The largest absolute Gasteiger partial charge is 0.394 e. The highest BCUT2D eigenvalue weighted by Gasteiger charge is 2.04. The lowest BCUT2D eigenvalue weighted by atomic mass is 10.2. The molecule has 2 aliphatic rings. The van der Waals surface area contributed by atoms with Crippen LogP contribution in [0, 0.1) is 0 Å². The lowest BCUT2D eigenvalue weighted by molar-refractivity contribution is 0.381. The van der Waals surface area contributed by atoms with Crippen molar-refractivity contribution in [1.82, 2.24) is 16.0 Å². The number of hydrogen-bond donors (Lipinski definition) is 6. The van der Waals surface area contributed by atoms with Crippen LogP contribution in [0.1, 0.15) is 11.1 Å². The van der Waals surface area contributed by atoms with Crippen LogP contribution in [0.15, 0.2) is 127 Å². The minimum absolute atomic E-state index is 0.551. The van der Waals surface area contributed by atoms with E-state index in [1.165, 1.54) is 25.1 Å². The third kappa shape index (κ3) is 17.4. The maximum atomic E-state index is 8.74. The van der Waals surface area contributed by atoms with Crippen LogP contribution in [0.3, 0.4) is 0 Å². The Labute approximate surface area is 304 Å². The number of halogens is 3. The molecule has 0 atom stereocenters. The fourth-order valence-electron chi connectivity index (χ4n) is 3.72. The zero-order valence-corrected chi connectivity index (χ0v) is 30.2. The fourth-order valence-corrected chi connectivity index (χ4v) is 5.78. The van der Waals surface area contributed by atoms with Crippen molar-refractivity contribution in [3.8, 4) is 0 Å². The van der Waals surface area contributed by atoms with E-state index in [0.717, 1.165) is 54.3 Å². The smallest absolute Gasteiger partial charge is 0.359 e. The summed E-state index contributed by atoms with van der Waals surface area (Å²) in [5, 5.41) is 11.4. The molecule has 0 amide bonds. The van der Waals surface area contributed by atoms with E-state index < -0.39 is 10.4 Å². The van der Waals surface area contributed by atoms with Crippen LogP contribution in [0.2, 0.25) is 10.0 Å². The Morgan fingerprint density at radius 2 is 1.06 bits per heavy atom. The first-order valence-corrected chi connectivity index (χ1v) is 18.5. The predicted octanol–water partition coefficient (Wildman–Crippen LogP) is 7.02. The average molecular weight is 770 g/mol. The predicted molar refractivity (Wildman–Crippen MR) is 199 cm³/mol. The van der Waals surface area contributed by atoms with Crippen LogP contribution >= 0.6 is 58.3 Å². The normalized spacial score (nSPS) is 13.1. The number of amidine groups is 1. The lowest BCUT2D eigenvalue weighted by Gasteiger charge is -2.07. The topological polar surface area (TPSA) is 161 Å². The number of hydrogen-bond acceptors (Lipinski definition) is 10. The van der Waals surface area contributed by atoms with Crippen LogP contribution in [0.25, 0.3) is 0 Å². The highest BCUT2D eigenvalue weighted by molar-refractivity contribution is 7.99. The van der Waals surface area contributed by atoms with Gasteiger partial charge in [-0.1, -0.05) is 71.0 Å². The summed E-state index contributed by atoms with van der Waals surface area (Å²) < 4.78 is 31.6. The molecule has 48 heavy (non-hydrogen) atoms. The van der Waals surface area contributed by atoms with Gasteiger partial charge in [0.2, 0.25) is 0 Å². The standard InChI is InChI=1S/C16H16ClN3S.C13H12ClNS.C3H5ClN2.H2O4S/c17-13-3-7-15(8-4-13)21-14-5-1-12(2-6-14)11-20-16-18-9-10-19-16;14-11-3-7-13(8-4-11)16-12-5-1-10(9-15)2-6-12;4-3-5-1-2-6-3;1-5(2,3)4/h1-8H,9-11H2,(H2,18,19,20);1-8H,9,15H2;1-2H2,(H,5,6);(H2,1,2,3,4). The molecule has 0 radical (unpaired) electrons. The van der Waals surface area contributed by atoms with E-state index in [2.05, 4.69) is 74.5 Å². The van der Waals surface area contributed by atoms with Crippen molar-refractivity contribution in [2.24, 2.45) is 15.7 Å². The van der Waals surface area contributed by atoms with Gasteiger partial charge >= 0.3 is 10.4 Å². The van der Waals surface area contributed by atoms with Crippen molar-refractivity contribution in [3.05, 3.63) is 118 Å². The van der Waals surface area contributed by atoms with Crippen LogP contribution in [-0.2, 0) is 23.5 Å². The van der Waals surface area contributed by atoms with E-state index in [-0.39, 0.29) is 0 Å². The summed E-state index contributed by atoms with van der Waals surface area (Å²) in [5.41, 5.74) is 7.94. The molecule has 0 saturated carbocycles. The molecule has 4 aromatic rings. The van der Waals surface area contributed by atoms with Crippen molar-refractivity contribution in [1.29, 1.82) is 0 Å². The molecule has 0 unspecified atom stereocenters. The number of benzene rings is 4. The quantitative estimate of drug-likeness (QED) is 0.0852. The van der Waals surface area contributed by atoms with Gasteiger partial charge < -0.3 is 21.7 Å². The van der Waals surface area contributed by atoms with Gasteiger partial charge in [-0.3, -0.25) is 19.1 Å². The van der Waals surface area contributed by atoms with Crippen molar-refractivity contribution < 1.29 is 17.5 Å². The van der Waals surface area contributed by atoms with Gasteiger partial charge in [-0.25, -0.2) is 0 Å². The molecular weight excluding hydrogens is 735 g/mol. The first-order valence-electron chi connectivity index (χ1n) is 14.4. The second-order valence-electron chi connectivity index (χ2n) is 9.66. The summed E-state index contributed by atoms with van der Waals surface area (Å²) in [6.07, 6.45) is 0. The highest BCUT2D eigenvalue weighted by atomic mass is 35.5. The second kappa shape index (κ2) is 21.2. The Bertz CT molecular complexity index is 1700. The molecule has 6 rings (SSSR count). The molecule has 256 valence electrons. The van der Waals surface area contributed by atoms with E-state index >= 15 is 0 Å². The SMILES string of the molecule is ClC1=NCCN1.Clc1ccc(Sc2ccc(CNC3=NCCN3)cc2)cc1.NCc1ccc(Sc2ccc(Cl)cc2)cc1.O=S(=O)(O)O. The monoisotopic (exact) mass is 768 g/mol. The number of aliphatic imine (C=N–C) groups is 2. The van der Waals surface area contributed by atoms with Gasteiger partial charge in [0.15, 0.2) is 11.3 Å². The summed E-state index contributed by atoms with van der Waals surface area (Å²) in [6.45, 7) is 4.90. The van der Waals surface area contributed by atoms with Gasteiger partial charge in [-0.05, 0) is 95.5 Å². The Morgan fingerprint density at radius 1 is 0.667 bits per heavy atom. The molecule has 16 heteroatoms. The molecule has 0 saturated heterocycles. The Morgan fingerprint density at radius 3 is 1.40 bits per heavy atom. The number of nitrogens with one attached hydrogen (secondary N) is 3. The molecule has 2 aliphatic heterocycles. The third-order valence-electron chi connectivity index (χ3n) is 5.95. The number of guanidine groups is 1. The Kier molecular flexibility index (Phi) is 17.4. The minimum Gasteiger partial charge on any atom is -0.359 e. The first-order chi connectivity index (χ1) is 23.0. The molecule has 10 nitrogen and oxygen atoms in total. The van der Waals surface area contributed by atoms with Crippen molar-refractivity contribution in [3.63, 3.8) is 0 Å². The molecule has 0 aliphatic carbocycles. The third-order valence-corrected chi connectivity index (χ3v) is 8.74. The molecule has 0 bridgehead atoms. The summed E-state index contributed by atoms with van der Waals surface area (Å²) in [7, 11) is -4.67. The zero-order valence-electron chi connectivity index (χ0n) is 25.5. The molecule has 7 N–H and O–H groups in total. The summed E-state index contributed by atoms with van der Waals surface area (Å²) in [4.78, 5) is 12.9. The van der Waals surface area contributed by atoms with Gasteiger partial charge in [-0.15, -0.1) is 0 Å². The fraction of sp³-hybridized carbons (Fsp3) is 0.188. The zero-order chi connectivity index (χ0) is 34.8. The number of nitrogens with zero attached hydrogens (tertiary/aromatic N) is 2. The van der Waals surface area contributed by atoms with E-state index in [1.807, 2.05) is 48.5 Å². The molecular formula is C32H35Cl3N6O4S3. The van der Waals surface area contributed by atoms with Crippen LogP contribution in [0.4, 0.5) is 0 Å². The Hall–Kier alpha value is -2.98. The van der Waals surface area contributed by atoms with E-state index in [1.54, 1.807) is 23.5 Å². The lowest BCUT2D eigenvalue weighted by Crippen LogP contribution is -2.33. The van der Waals surface area contributed by atoms with Gasteiger partial charge in [0, 0.05) is 55.8 Å². The van der Waals surface area contributed by atoms with Crippen molar-refractivity contribution >= 4 is 80.0 Å². The van der Waals surface area contributed by atoms with E-state index in [4.69, 9.17) is 58.1 Å². The molecule has 0 aromatic heterocycles. The van der Waals surface area contributed by atoms with Gasteiger partial charge in [-0.2, -0.15) is 8.42 Å². The average Bonchev–Trinajstić information content (AvgIpc) is 3.77. The second-order valence-corrected chi connectivity index (χ2v) is 14.1. The van der Waals surface area contributed by atoms with Crippen molar-refractivity contribution in [2.45, 2.75) is 32.7 Å². The summed E-state index contributed by atoms with van der Waals surface area (Å²) in [5.74, 6) is 0.898. The van der Waals surface area contributed by atoms with Gasteiger partial charge in [0.05, 0.1) is 13.1 Å². The molecule has 2 heterocycles. The maximum Gasteiger partial charge on any atom is 0.394 e. The van der Waals surface area contributed by atoms with Gasteiger partial charge in [0.1, 0.15) is 0 Å². The molecule has 0 spiro atoms. The molecule has 4 aromatic carbocycles. The molecule has 0 fully saturated rings. The van der Waals surface area contributed by atoms with Crippen molar-refractivity contribution in [2.75, 3.05) is 26.2 Å². The Balaban J connectivity index is 0.000000202. The van der Waals surface area contributed by atoms with E-state index in [0.29, 0.717) is 11.8 Å².